The fourth-order valence-corrected chi connectivity index (χ4v) is 3.50. The SMILES string of the molecule is NC1CCCCC1NC(=O)NCC1(C(=O)O)CCCCC1. The number of carboxylic acids is 1. The minimum Gasteiger partial charge on any atom is -0.481 e. The van der Waals surface area contributed by atoms with Gasteiger partial charge in [0.05, 0.1) is 5.41 Å². The summed E-state index contributed by atoms with van der Waals surface area (Å²) >= 11 is 0. The van der Waals surface area contributed by atoms with Crippen LogP contribution >= 0.6 is 0 Å². The Morgan fingerprint density at radius 1 is 1.10 bits per heavy atom. The Bertz CT molecular complexity index is 380. The van der Waals surface area contributed by atoms with Gasteiger partial charge in [-0.1, -0.05) is 32.1 Å². The molecule has 6 nitrogen and oxygen atoms in total. The van der Waals surface area contributed by atoms with Gasteiger partial charge >= 0.3 is 12.0 Å². The highest BCUT2D eigenvalue weighted by Gasteiger charge is 2.40. The third-order valence-electron chi connectivity index (χ3n) is 4.99. The van der Waals surface area contributed by atoms with E-state index in [4.69, 9.17) is 5.73 Å². The van der Waals surface area contributed by atoms with Crippen molar-refractivity contribution in [1.82, 2.24) is 10.6 Å². The Balaban J connectivity index is 1.83. The zero-order chi connectivity index (χ0) is 15.3. The Kier molecular flexibility index (Phi) is 5.45. The molecule has 2 aliphatic rings. The molecular formula is C15H27N3O3. The van der Waals surface area contributed by atoms with Gasteiger partial charge in [0.1, 0.15) is 0 Å². The van der Waals surface area contributed by atoms with Gasteiger partial charge in [0, 0.05) is 18.6 Å². The summed E-state index contributed by atoms with van der Waals surface area (Å²) in [5.74, 6) is -0.795. The van der Waals surface area contributed by atoms with E-state index in [1.165, 1.54) is 0 Å². The predicted molar refractivity (Wildman–Crippen MR) is 79.9 cm³/mol. The number of hydrogen-bond donors (Lipinski definition) is 4. The van der Waals surface area contributed by atoms with Crippen molar-refractivity contribution in [3.63, 3.8) is 0 Å². The number of nitrogens with one attached hydrogen (secondary N) is 2. The summed E-state index contributed by atoms with van der Waals surface area (Å²) in [6.07, 6.45) is 8.24. The average molecular weight is 297 g/mol. The molecule has 2 aliphatic carbocycles. The standard InChI is InChI=1S/C15H27N3O3/c16-11-6-2-3-7-12(11)18-14(21)17-10-15(13(19)20)8-4-1-5-9-15/h11-12H,1-10,16H2,(H,19,20)(H2,17,18,21). The highest BCUT2D eigenvalue weighted by Crippen LogP contribution is 2.36. The molecule has 0 radical (unpaired) electrons. The van der Waals surface area contributed by atoms with Crippen molar-refractivity contribution in [1.29, 1.82) is 0 Å². The van der Waals surface area contributed by atoms with Crippen LogP contribution in [-0.2, 0) is 4.79 Å². The Hall–Kier alpha value is -1.30. The first-order chi connectivity index (χ1) is 10.0. The minimum atomic E-state index is -0.795. The molecule has 2 rings (SSSR count). The highest BCUT2D eigenvalue weighted by atomic mass is 16.4. The summed E-state index contributed by atoms with van der Waals surface area (Å²) in [6.45, 7) is 0.204. The second-order valence-corrected chi connectivity index (χ2v) is 6.53. The molecule has 0 saturated heterocycles. The first kappa shape index (κ1) is 16.1. The summed E-state index contributed by atoms with van der Waals surface area (Å²) in [5.41, 5.74) is 5.22. The summed E-state index contributed by atoms with van der Waals surface area (Å²) < 4.78 is 0. The van der Waals surface area contributed by atoms with Crippen LogP contribution in [0.15, 0.2) is 0 Å². The zero-order valence-electron chi connectivity index (χ0n) is 12.6. The molecule has 0 aromatic carbocycles. The maximum Gasteiger partial charge on any atom is 0.315 e. The number of amides is 2. The second-order valence-electron chi connectivity index (χ2n) is 6.53. The third-order valence-corrected chi connectivity index (χ3v) is 4.99. The molecule has 5 N–H and O–H groups in total. The second kappa shape index (κ2) is 7.11. The lowest BCUT2D eigenvalue weighted by atomic mass is 9.74. The van der Waals surface area contributed by atoms with E-state index in [1.807, 2.05) is 0 Å². The monoisotopic (exact) mass is 297 g/mol. The molecule has 0 bridgehead atoms. The Labute approximate surface area is 125 Å². The normalized spacial score (nSPS) is 28.6. The fourth-order valence-electron chi connectivity index (χ4n) is 3.50. The molecule has 2 saturated carbocycles. The zero-order valence-corrected chi connectivity index (χ0v) is 12.6. The molecule has 2 unspecified atom stereocenters. The Morgan fingerprint density at radius 2 is 1.76 bits per heavy atom. The number of aliphatic carboxylic acids is 1. The summed E-state index contributed by atoms with van der Waals surface area (Å²) in [6, 6.07) is -0.276. The maximum absolute atomic E-state index is 12.0. The van der Waals surface area contributed by atoms with E-state index in [2.05, 4.69) is 10.6 Å². The van der Waals surface area contributed by atoms with Crippen LogP contribution in [0.4, 0.5) is 4.79 Å². The van der Waals surface area contributed by atoms with Crippen LogP contribution < -0.4 is 16.4 Å². The molecule has 0 aliphatic heterocycles. The van der Waals surface area contributed by atoms with Gasteiger partial charge in [0.2, 0.25) is 0 Å². The first-order valence-electron chi connectivity index (χ1n) is 8.07. The quantitative estimate of drug-likeness (QED) is 0.632. The lowest BCUT2D eigenvalue weighted by Gasteiger charge is -2.34. The van der Waals surface area contributed by atoms with Gasteiger partial charge < -0.3 is 21.5 Å². The summed E-state index contributed by atoms with van der Waals surface area (Å²) in [5, 5.41) is 15.1. The van der Waals surface area contributed by atoms with Crippen molar-refractivity contribution in [2.75, 3.05) is 6.54 Å². The molecule has 0 aromatic rings. The average Bonchev–Trinajstić information content (AvgIpc) is 2.48. The van der Waals surface area contributed by atoms with Crippen molar-refractivity contribution < 1.29 is 14.7 Å². The van der Waals surface area contributed by atoms with Crippen molar-refractivity contribution >= 4 is 12.0 Å². The van der Waals surface area contributed by atoms with Crippen LogP contribution in [0.2, 0.25) is 0 Å². The maximum atomic E-state index is 12.0. The van der Waals surface area contributed by atoms with Crippen LogP contribution in [-0.4, -0.2) is 35.7 Å². The van der Waals surface area contributed by atoms with E-state index in [0.29, 0.717) is 12.8 Å². The van der Waals surface area contributed by atoms with Crippen molar-refractivity contribution in [3.8, 4) is 0 Å². The number of urea groups is 1. The molecule has 2 amide bonds. The van der Waals surface area contributed by atoms with Crippen molar-refractivity contribution in [3.05, 3.63) is 0 Å². The van der Waals surface area contributed by atoms with E-state index < -0.39 is 11.4 Å². The van der Waals surface area contributed by atoms with Crippen LogP contribution in [0.25, 0.3) is 0 Å². The first-order valence-corrected chi connectivity index (χ1v) is 8.07. The van der Waals surface area contributed by atoms with Gasteiger partial charge in [0.15, 0.2) is 0 Å². The molecule has 0 aromatic heterocycles. The van der Waals surface area contributed by atoms with Crippen LogP contribution in [0, 0.1) is 5.41 Å². The van der Waals surface area contributed by atoms with E-state index >= 15 is 0 Å². The smallest absolute Gasteiger partial charge is 0.315 e. The van der Waals surface area contributed by atoms with Crippen LogP contribution in [0.5, 0.6) is 0 Å². The molecule has 0 spiro atoms. The molecule has 2 fully saturated rings. The van der Waals surface area contributed by atoms with Crippen molar-refractivity contribution in [2.24, 2.45) is 11.1 Å². The molecular weight excluding hydrogens is 270 g/mol. The van der Waals surface area contributed by atoms with Gasteiger partial charge in [-0.15, -0.1) is 0 Å². The number of nitrogens with two attached hydrogens (primary N) is 1. The number of carboxylic acid groups (broad SMARTS) is 1. The minimum absolute atomic E-state index is 0.00545. The lowest BCUT2D eigenvalue weighted by molar-refractivity contribution is -0.150. The predicted octanol–water partition coefficient (Wildman–Crippen LogP) is 1.59. The largest absolute Gasteiger partial charge is 0.481 e. The van der Waals surface area contributed by atoms with Gasteiger partial charge in [-0.25, -0.2) is 4.79 Å². The topological polar surface area (TPSA) is 104 Å². The van der Waals surface area contributed by atoms with Crippen LogP contribution in [0.3, 0.4) is 0 Å². The Morgan fingerprint density at radius 3 is 2.38 bits per heavy atom. The van der Waals surface area contributed by atoms with Gasteiger partial charge in [-0.05, 0) is 25.7 Å². The number of hydrogen-bond acceptors (Lipinski definition) is 3. The summed E-state index contributed by atoms with van der Waals surface area (Å²) in [4.78, 5) is 23.5. The molecule has 6 heteroatoms. The van der Waals surface area contributed by atoms with Gasteiger partial charge in [-0.3, -0.25) is 4.79 Å². The molecule has 120 valence electrons. The fraction of sp³-hybridized carbons (Fsp3) is 0.867. The van der Waals surface area contributed by atoms with Gasteiger partial charge in [0.25, 0.3) is 0 Å². The van der Waals surface area contributed by atoms with E-state index in [9.17, 15) is 14.7 Å². The third kappa shape index (κ3) is 4.09. The molecule has 0 heterocycles. The number of rotatable bonds is 4. The van der Waals surface area contributed by atoms with Gasteiger partial charge in [-0.2, -0.15) is 0 Å². The van der Waals surface area contributed by atoms with E-state index in [-0.39, 0.29) is 24.7 Å². The summed E-state index contributed by atoms with van der Waals surface area (Å²) in [7, 11) is 0. The van der Waals surface area contributed by atoms with Crippen LogP contribution in [0.1, 0.15) is 57.8 Å². The number of carbonyl (C=O) groups is 2. The molecule has 2 atom stereocenters. The lowest BCUT2D eigenvalue weighted by Crippen LogP contribution is -2.54. The van der Waals surface area contributed by atoms with Crippen molar-refractivity contribution in [2.45, 2.75) is 69.9 Å². The van der Waals surface area contributed by atoms with E-state index in [0.717, 1.165) is 44.9 Å². The number of carbonyl (C=O) groups excluding carboxylic acids is 1. The van der Waals surface area contributed by atoms with E-state index in [1.54, 1.807) is 0 Å². The highest BCUT2D eigenvalue weighted by molar-refractivity contribution is 5.78. The molecule has 21 heavy (non-hydrogen) atoms.